The van der Waals surface area contributed by atoms with E-state index in [9.17, 15) is 4.79 Å². The van der Waals surface area contributed by atoms with Crippen LogP contribution in [0, 0.1) is 0 Å². The predicted molar refractivity (Wildman–Crippen MR) is 80.5 cm³/mol. The van der Waals surface area contributed by atoms with Crippen LogP contribution in [0.1, 0.15) is 12.6 Å². The summed E-state index contributed by atoms with van der Waals surface area (Å²) in [6.07, 6.45) is 2.48. The van der Waals surface area contributed by atoms with E-state index >= 15 is 0 Å². The summed E-state index contributed by atoms with van der Waals surface area (Å²) in [7, 11) is 0. The summed E-state index contributed by atoms with van der Waals surface area (Å²) in [6.45, 7) is 5.15. The van der Waals surface area contributed by atoms with Crippen LogP contribution in [-0.2, 0) is 11.2 Å². The van der Waals surface area contributed by atoms with Crippen LogP contribution in [0.4, 0.5) is 5.82 Å². The van der Waals surface area contributed by atoms with Crippen molar-refractivity contribution in [3.05, 3.63) is 40.4 Å². The van der Waals surface area contributed by atoms with Gasteiger partial charge >= 0.3 is 0 Å². The van der Waals surface area contributed by atoms with Crippen LogP contribution in [-0.4, -0.2) is 41.3 Å². The first-order chi connectivity index (χ1) is 10.3. The fraction of sp³-hybridized carbons (Fsp3) is 0.400. The van der Waals surface area contributed by atoms with Gasteiger partial charge in [-0.15, -0.1) is 0 Å². The Labute approximate surface area is 122 Å². The summed E-state index contributed by atoms with van der Waals surface area (Å²) in [5, 5.41) is 0. The van der Waals surface area contributed by atoms with E-state index in [1.165, 1.54) is 6.07 Å². The standard InChI is InChI=1S/C15H18N4O2/c1-2-12-9-14(20)18-15(17-12)11-3-4-13(16-10-11)19-5-7-21-8-6-19/h3-4,9-10H,2,5-8H2,1H3,(H,17,18,20). The minimum atomic E-state index is -0.130. The van der Waals surface area contributed by atoms with Gasteiger partial charge in [0.2, 0.25) is 0 Å². The van der Waals surface area contributed by atoms with Gasteiger partial charge in [-0.1, -0.05) is 6.92 Å². The number of rotatable bonds is 3. The van der Waals surface area contributed by atoms with Gasteiger partial charge < -0.3 is 14.6 Å². The smallest absolute Gasteiger partial charge is 0.251 e. The molecule has 0 aromatic carbocycles. The fourth-order valence-electron chi connectivity index (χ4n) is 2.33. The van der Waals surface area contributed by atoms with Gasteiger partial charge in [-0.2, -0.15) is 0 Å². The molecule has 21 heavy (non-hydrogen) atoms. The lowest BCUT2D eigenvalue weighted by atomic mass is 10.2. The maximum Gasteiger partial charge on any atom is 0.251 e. The molecule has 1 aliphatic heterocycles. The number of anilines is 1. The number of morpholine rings is 1. The Hall–Kier alpha value is -2.21. The van der Waals surface area contributed by atoms with E-state index in [2.05, 4.69) is 19.9 Å². The Kier molecular flexibility index (Phi) is 3.96. The van der Waals surface area contributed by atoms with E-state index < -0.39 is 0 Å². The molecule has 1 aliphatic rings. The molecule has 3 rings (SSSR count). The first kappa shape index (κ1) is 13.8. The second-order valence-electron chi connectivity index (χ2n) is 4.94. The van der Waals surface area contributed by atoms with Crippen molar-refractivity contribution in [1.82, 2.24) is 15.0 Å². The molecule has 2 aromatic heterocycles. The molecular formula is C15H18N4O2. The molecule has 6 heteroatoms. The molecule has 0 aliphatic carbocycles. The third-order valence-electron chi connectivity index (χ3n) is 3.51. The number of hydrogen-bond acceptors (Lipinski definition) is 5. The van der Waals surface area contributed by atoms with Gasteiger partial charge in [0.1, 0.15) is 11.6 Å². The maximum absolute atomic E-state index is 11.6. The van der Waals surface area contributed by atoms with Gasteiger partial charge in [0.15, 0.2) is 0 Å². The average molecular weight is 286 g/mol. The third-order valence-corrected chi connectivity index (χ3v) is 3.51. The molecule has 1 N–H and O–H groups in total. The molecule has 110 valence electrons. The molecule has 1 fully saturated rings. The molecule has 2 aromatic rings. The number of aryl methyl sites for hydroxylation is 1. The normalized spacial score (nSPS) is 15.2. The van der Waals surface area contributed by atoms with E-state index in [0.29, 0.717) is 5.82 Å². The van der Waals surface area contributed by atoms with Gasteiger partial charge in [-0.3, -0.25) is 4.79 Å². The van der Waals surface area contributed by atoms with E-state index in [1.807, 2.05) is 19.1 Å². The highest BCUT2D eigenvalue weighted by Crippen LogP contribution is 2.18. The zero-order chi connectivity index (χ0) is 14.7. The molecule has 6 nitrogen and oxygen atoms in total. The van der Waals surface area contributed by atoms with Crippen LogP contribution in [0.5, 0.6) is 0 Å². The Bertz CT molecular complexity index is 660. The minimum Gasteiger partial charge on any atom is -0.378 e. The van der Waals surface area contributed by atoms with Crippen LogP contribution < -0.4 is 10.5 Å². The Morgan fingerprint density at radius 3 is 2.81 bits per heavy atom. The quantitative estimate of drug-likeness (QED) is 0.919. The first-order valence-corrected chi connectivity index (χ1v) is 7.15. The fourth-order valence-corrected chi connectivity index (χ4v) is 2.33. The SMILES string of the molecule is CCc1cc(=O)[nH]c(-c2ccc(N3CCOCC3)nc2)n1. The summed E-state index contributed by atoms with van der Waals surface area (Å²) in [6, 6.07) is 5.42. The van der Waals surface area contributed by atoms with Crippen molar-refractivity contribution in [2.45, 2.75) is 13.3 Å². The number of aromatic amines is 1. The number of ether oxygens (including phenoxy) is 1. The van der Waals surface area contributed by atoms with Crippen LogP contribution in [0.3, 0.4) is 0 Å². The highest BCUT2D eigenvalue weighted by molar-refractivity contribution is 5.56. The molecule has 3 heterocycles. The van der Waals surface area contributed by atoms with Gasteiger partial charge in [-0.25, -0.2) is 9.97 Å². The lowest BCUT2D eigenvalue weighted by molar-refractivity contribution is 0.122. The van der Waals surface area contributed by atoms with Crippen LogP contribution in [0.2, 0.25) is 0 Å². The largest absolute Gasteiger partial charge is 0.378 e. The Morgan fingerprint density at radius 1 is 1.33 bits per heavy atom. The lowest BCUT2D eigenvalue weighted by Gasteiger charge is -2.27. The van der Waals surface area contributed by atoms with E-state index in [1.54, 1.807) is 6.20 Å². The van der Waals surface area contributed by atoms with E-state index in [4.69, 9.17) is 4.74 Å². The summed E-state index contributed by atoms with van der Waals surface area (Å²) >= 11 is 0. The number of hydrogen-bond donors (Lipinski definition) is 1. The highest BCUT2D eigenvalue weighted by Gasteiger charge is 2.12. The topological polar surface area (TPSA) is 71.1 Å². The van der Waals surface area contributed by atoms with Crippen molar-refractivity contribution >= 4 is 5.82 Å². The van der Waals surface area contributed by atoms with Crippen molar-refractivity contribution in [2.75, 3.05) is 31.2 Å². The summed E-state index contributed by atoms with van der Waals surface area (Å²) < 4.78 is 5.33. The van der Waals surface area contributed by atoms with Crippen molar-refractivity contribution in [1.29, 1.82) is 0 Å². The van der Waals surface area contributed by atoms with E-state index in [0.717, 1.165) is 49.8 Å². The number of H-pyrrole nitrogens is 1. The molecule has 0 bridgehead atoms. The monoisotopic (exact) mass is 286 g/mol. The summed E-state index contributed by atoms with van der Waals surface area (Å²) in [5.74, 6) is 1.50. The van der Waals surface area contributed by atoms with Crippen molar-refractivity contribution in [3.63, 3.8) is 0 Å². The van der Waals surface area contributed by atoms with Crippen LogP contribution >= 0.6 is 0 Å². The molecule has 1 saturated heterocycles. The van der Waals surface area contributed by atoms with Crippen molar-refractivity contribution < 1.29 is 4.74 Å². The Morgan fingerprint density at radius 2 is 2.14 bits per heavy atom. The number of nitrogens with one attached hydrogen (secondary N) is 1. The second kappa shape index (κ2) is 6.05. The molecule has 0 atom stereocenters. The third kappa shape index (κ3) is 3.11. The molecular weight excluding hydrogens is 268 g/mol. The van der Waals surface area contributed by atoms with Gasteiger partial charge in [0, 0.05) is 36.6 Å². The molecule has 0 spiro atoms. The molecule has 0 radical (unpaired) electrons. The second-order valence-corrected chi connectivity index (χ2v) is 4.94. The number of nitrogens with zero attached hydrogens (tertiary/aromatic N) is 3. The van der Waals surface area contributed by atoms with Crippen molar-refractivity contribution in [3.8, 4) is 11.4 Å². The van der Waals surface area contributed by atoms with E-state index in [-0.39, 0.29) is 5.56 Å². The molecule has 0 saturated carbocycles. The van der Waals surface area contributed by atoms with Crippen molar-refractivity contribution in [2.24, 2.45) is 0 Å². The predicted octanol–water partition coefficient (Wildman–Crippen LogP) is 1.23. The van der Waals surface area contributed by atoms with Crippen LogP contribution in [0.25, 0.3) is 11.4 Å². The highest BCUT2D eigenvalue weighted by atomic mass is 16.5. The van der Waals surface area contributed by atoms with Gasteiger partial charge in [-0.05, 0) is 18.6 Å². The van der Waals surface area contributed by atoms with Gasteiger partial charge in [0.25, 0.3) is 5.56 Å². The Balaban J connectivity index is 1.86. The minimum absolute atomic E-state index is 0.130. The molecule has 0 unspecified atom stereocenters. The number of aromatic nitrogens is 3. The lowest BCUT2D eigenvalue weighted by Crippen LogP contribution is -2.36. The average Bonchev–Trinajstić information content (AvgIpc) is 2.55. The maximum atomic E-state index is 11.6. The summed E-state index contributed by atoms with van der Waals surface area (Å²) in [4.78, 5) is 25.5. The summed E-state index contributed by atoms with van der Waals surface area (Å²) in [5.41, 5.74) is 1.47. The van der Waals surface area contributed by atoms with Crippen LogP contribution in [0.15, 0.2) is 29.2 Å². The zero-order valence-corrected chi connectivity index (χ0v) is 12.0. The zero-order valence-electron chi connectivity index (χ0n) is 12.0. The first-order valence-electron chi connectivity index (χ1n) is 7.15. The van der Waals surface area contributed by atoms with Gasteiger partial charge in [0.05, 0.1) is 13.2 Å². The molecule has 0 amide bonds. The number of pyridine rings is 1.